The van der Waals surface area contributed by atoms with E-state index < -0.39 is 5.91 Å². The summed E-state index contributed by atoms with van der Waals surface area (Å²) in [6, 6.07) is 12.3. The Hall–Kier alpha value is -2.69. The van der Waals surface area contributed by atoms with Gasteiger partial charge in [-0.15, -0.1) is 0 Å². The molecule has 0 aliphatic heterocycles. The molecule has 0 spiro atoms. The molecule has 5 heteroatoms. The van der Waals surface area contributed by atoms with Crippen LogP contribution in [0.15, 0.2) is 42.5 Å². The Balaban J connectivity index is 2.21. The van der Waals surface area contributed by atoms with Gasteiger partial charge in [0.05, 0.1) is 12.7 Å². The van der Waals surface area contributed by atoms with E-state index in [2.05, 4.69) is 0 Å². The van der Waals surface area contributed by atoms with E-state index in [1.165, 1.54) is 6.07 Å². The summed E-state index contributed by atoms with van der Waals surface area (Å²) in [5.41, 5.74) is 12.5. The van der Waals surface area contributed by atoms with Crippen LogP contribution in [-0.4, -0.2) is 13.0 Å². The number of carbonyl (C=O) groups is 1. The fourth-order valence-corrected chi connectivity index (χ4v) is 1.84. The highest BCUT2D eigenvalue weighted by Gasteiger charge is 2.11. The van der Waals surface area contributed by atoms with Crippen LogP contribution in [0.25, 0.3) is 0 Å². The third-order valence-electron chi connectivity index (χ3n) is 2.84. The van der Waals surface area contributed by atoms with Crippen LogP contribution in [-0.2, 0) is 6.61 Å². The van der Waals surface area contributed by atoms with Gasteiger partial charge in [-0.1, -0.05) is 18.2 Å². The van der Waals surface area contributed by atoms with Crippen molar-refractivity contribution >= 4 is 11.6 Å². The average Bonchev–Trinajstić information content (AvgIpc) is 2.46. The van der Waals surface area contributed by atoms with Gasteiger partial charge in [-0.3, -0.25) is 4.79 Å². The lowest BCUT2D eigenvalue weighted by atomic mass is 10.1. The maximum atomic E-state index is 11.4. The van der Waals surface area contributed by atoms with Crippen LogP contribution in [0.4, 0.5) is 5.69 Å². The molecule has 0 heterocycles. The summed E-state index contributed by atoms with van der Waals surface area (Å²) in [6.45, 7) is 0.272. The Labute approximate surface area is 117 Å². The van der Waals surface area contributed by atoms with Crippen molar-refractivity contribution in [3.05, 3.63) is 53.6 Å². The van der Waals surface area contributed by atoms with Crippen molar-refractivity contribution in [3.63, 3.8) is 0 Å². The Bertz CT molecular complexity index is 626. The second-order valence-corrected chi connectivity index (χ2v) is 4.22. The Morgan fingerprint density at radius 1 is 1.15 bits per heavy atom. The van der Waals surface area contributed by atoms with Gasteiger partial charge in [-0.25, -0.2) is 0 Å². The Morgan fingerprint density at radius 3 is 2.60 bits per heavy atom. The maximum absolute atomic E-state index is 11.4. The SMILES string of the molecule is COc1ccccc1COc1ccc(N)cc1C(N)=O. The van der Waals surface area contributed by atoms with Gasteiger partial charge < -0.3 is 20.9 Å². The summed E-state index contributed by atoms with van der Waals surface area (Å²) in [5, 5.41) is 0. The summed E-state index contributed by atoms with van der Waals surface area (Å²) < 4.78 is 10.9. The highest BCUT2D eigenvalue weighted by atomic mass is 16.5. The second kappa shape index (κ2) is 5.97. The molecule has 5 nitrogen and oxygen atoms in total. The van der Waals surface area contributed by atoms with E-state index >= 15 is 0 Å². The van der Waals surface area contributed by atoms with Crippen LogP contribution in [0, 0.1) is 0 Å². The van der Waals surface area contributed by atoms with E-state index in [9.17, 15) is 4.79 Å². The fourth-order valence-electron chi connectivity index (χ4n) is 1.84. The zero-order valence-electron chi connectivity index (χ0n) is 11.1. The Kier molecular flexibility index (Phi) is 4.10. The highest BCUT2D eigenvalue weighted by Crippen LogP contribution is 2.24. The van der Waals surface area contributed by atoms with E-state index in [1.807, 2.05) is 24.3 Å². The van der Waals surface area contributed by atoms with Gasteiger partial charge in [0, 0.05) is 11.3 Å². The molecule has 0 fully saturated rings. The van der Waals surface area contributed by atoms with Crippen molar-refractivity contribution in [1.29, 1.82) is 0 Å². The van der Waals surface area contributed by atoms with Gasteiger partial charge in [0.1, 0.15) is 18.1 Å². The summed E-state index contributed by atoms with van der Waals surface area (Å²) in [5.74, 6) is 0.550. The number of primary amides is 1. The molecule has 1 amide bonds. The van der Waals surface area contributed by atoms with Crippen molar-refractivity contribution in [2.24, 2.45) is 5.73 Å². The van der Waals surface area contributed by atoms with Crippen molar-refractivity contribution in [2.75, 3.05) is 12.8 Å². The third kappa shape index (κ3) is 3.00. The van der Waals surface area contributed by atoms with Gasteiger partial charge >= 0.3 is 0 Å². The number of carbonyl (C=O) groups excluding carboxylic acids is 1. The lowest BCUT2D eigenvalue weighted by Crippen LogP contribution is -2.13. The number of methoxy groups -OCH3 is 1. The van der Waals surface area contributed by atoms with Gasteiger partial charge in [-0.2, -0.15) is 0 Å². The predicted molar refractivity (Wildman–Crippen MR) is 76.7 cm³/mol. The molecule has 104 valence electrons. The van der Waals surface area contributed by atoms with Crippen LogP contribution in [0.3, 0.4) is 0 Å². The predicted octanol–water partition coefficient (Wildman–Crippen LogP) is 1.96. The molecule has 0 saturated heterocycles. The van der Waals surface area contributed by atoms with E-state index in [4.69, 9.17) is 20.9 Å². The van der Waals surface area contributed by atoms with Crippen LogP contribution in [0.1, 0.15) is 15.9 Å². The number of hydrogen-bond acceptors (Lipinski definition) is 4. The van der Waals surface area contributed by atoms with Crippen molar-refractivity contribution in [1.82, 2.24) is 0 Å². The van der Waals surface area contributed by atoms with Gasteiger partial charge in [0.2, 0.25) is 0 Å². The first-order valence-corrected chi connectivity index (χ1v) is 6.06. The molecule has 0 radical (unpaired) electrons. The van der Waals surface area contributed by atoms with Gasteiger partial charge in [0.15, 0.2) is 0 Å². The maximum Gasteiger partial charge on any atom is 0.252 e. The molecule has 0 aliphatic carbocycles. The van der Waals surface area contributed by atoms with Gasteiger partial charge in [0.25, 0.3) is 5.91 Å². The number of nitrogen functional groups attached to an aromatic ring is 1. The lowest BCUT2D eigenvalue weighted by molar-refractivity contribution is 0.0996. The summed E-state index contributed by atoms with van der Waals surface area (Å²) >= 11 is 0. The zero-order valence-corrected chi connectivity index (χ0v) is 11.1. The van der Waals surface area contributed by atoms with Crippen molar-refractivity contribution in [2.45, 2.75) is 6.61 Å². The molecule has 0 bridgehead atoms. The topological polar surface area (TPSA) is 87.6 Å². The first kappa shape index (κ1) is 13.7. The second-order valence-electron chi connectivity index (χ2n) is 4.22. The van der Waals surface area contributed by atoms with E-state index in [-0.39, 0.29) is 12.2 Å². The number of amides is 1. The Morgan fingerprint density at radius 2 is 1.90 bits per heavy atom. The molecule has 4 N–H and O–H groups in total. The van der Waals surface area contributed by atoms with Crippen LogP contribution in [0.5, 0.6) is 11.5 Å². The van der Waals surface area contributed by atoms with Crippen molar-refractivity contribution in [3.8, 4) is 11.5 Å². The molecular formula is C15H16N2O3. The zero-order chi connectivity index (χ0) is 14.5. The highest BCUT2D eigenvalue weighted by molar-refractivity contribution is 5.96. The monoisotopic (exact) mass is 272 g/mol. The molecule has 0 aliphatic rings. The van der Waals surface area contributed by atoms with Gasteiger partial charge in [-0.05, 0) is 24.3 Å². The largest absolute Gasteiger partial charge is 0.496 e. The quantitative estimate of drug-likeness (QED) is 0.814. The van der Waals surface area contributed by atoms with E-state index in [1.54, 1.807) is 19.2 Å². The van der Waals surface area contributed by atoms with E-state index in [0.29, 0.717) is 11.4 Å². The van der Waals surface area contributed by atoms with Crippen LogP contribution < -0.4 is 20.9 Å². The molecule has 0 atom stereocenters. The molecule has 0 aromatic heterocycles. The molecule has 0 saturated carbocycles. The first-order chi connectivity index (χ1) is 9.61. The molecule has 2 rings (SSSR count). The smallest absolute Gasteiger partial charge is 0.252 e. The summed E-state index contributed by atoms with van der Waals surface area (Å²) in [4.78, 5) is 11.4. The van der Waals surface area contributed by atoms with Crippen LogP contribution in [0.2, 0.25) is 0 Å². The number of nitrogens with two attached hydrogens (primary N) is 2. The van der Waals surface area contributed by atoms with E-state index in [0.717, 1.165) is 11.3 Å². The molecule has 20 heavy (non-hydrogen) atoms. The number of anilines is 1. The molecule has 2 aromatic rings. The van der Waals surface area contributed by atoms with Crippen molar-refractivity contribution < 1.29 is 14.3 Å². The molecule has 0 unspecified atom stereocenters. The molecule has 2 aromatic carbocycles. The number of para-hydroxylation sites is 1. The minimum absolute atomic E-state index is 0.264. The summed E-state index contributed by atoms with van der Waals surface area (Å²) in [6.07, 6.45) is 0. The number of benzene rings is 2. The normalized spacial score (nSPS) is 10.1. The first-order valence-electron chi connectivity index (χ1n) is 6.06. The lowest BCUT2D eigenvalue weighted by Gasteiger charge is -2.12. The fraction of sp³-hybridized carbons (Fsp3) is 0.133. The number of ether oxygens (including phenoxy) is 2. The third-order valence-corrected chi connectivity index (χ3v) is 2.84. The van der Waals surface area contributed by atoms with Crippen LogP contribution >= 0.6 is 0 Å². The average molecular weight is 272 g/mol. The minimum atomic E-state index is -0.577. The number of hydrogen-bond donors (Lipinski definition) is 2. The minimum Gasteiger partial charge on any atom is -0.496 e. The number of rotatable bonds is 5. The molecular weight excluding hydrogens is 256 g/mol. The standard InChI is InChI=1S/C15H16N2O3/c1-19-13-5-3-2-4-10(13)9-20-14-7-6-11(16)8-12(14)15(17)18/h2-8H,9,16H2,1H3,(H2,17,18). The summed E-state index contributed by atoms with van der Waals surface area (Å²) in [7, 11) is 1.59.